The van der Waals surface area contributed by atoms with Crippen molar-refractivity contribution in [3.63, 3.8) is 0 Å². The summed E-state index contributed by atoms with van der Waals surface area (Å²) in [7, 11) is 0. The average Bonchev–Trinajstić information content (AvgIpc) is 3.05. The fourth-order valence-corrected chi connectivity index (χ4v) is 2.56. The lowest BCUT2D eigenvalue weighted by Crippen LogP contribution is -2.08. The molecule has 1 N–H and O–H groups in total. The average molecular weight is 339 g/mol. The standard InChI is InChI=1S/C19H21N3O3/c1-2-3-4-7-12-25-19(24)14-10-11-18(23)17(13-14)22-20-15-8-5-6-9-16(15)21-22/h5-6,8-11,13,23H,2-4,7,12H2,1H3. The van der Waals surface area contributed by atoms with Gasteiger partial charge in [-0.2, -0.15) is 0 Å². The highest BCUT2D eigenvalue weighted by Gasteiger charge is 2.14. The number of fused-ring (bicyclic) bond motifs is 1. The number of nitrogens with zero attached hydrogens (tertiary/aromatic N) is 3. The molecule has 0 saturated heterocycles. The number of hydrogen-bond donors (Lipinski definition) is 1. The minimum atomic E-state index is -0.408. The van der Waals surface area contributed by atoms with Gasteiger partial charge in [-0.05, 0) is 36.8 Å². The van der Waals surface area contributed by atoms with Gasteiger partial charge in [-0.15, -0.1) is 15.0 Å². The third-order valence-corrected chi connectivity index (χ3v) is 3.94. The van der Waals surface area contributed by atoms with Gasteiger partial charge in [-0.1, -0.05) is 38.3 Å². The molecule has 0 amide bonds. The van der Waals surface area contributed by atoms with Gasteiger partial charge in [0.25, 0.3) is 0 Å². The van der Waals surface area contributed by atoms with Crippen molar-refractivity contribution < 1.29 is 14.6 Å². The molecule has 130 valence electrons. The molecule has 0 saturated carbocycles. The summed E-state index contributed by atoms with van der Waals surface area (Å²) in [6.07, 6.45) is 4.19. The van der Waals surface area contributed by atoms with E-state index in [1.54, 1.807) is 6.07 Å². The van der Waals surface area contributed by atoms with Crippen LogP contribution in [0.1, 0.15) is 43.0 Å². The molecule has 0 fully saturated rings. The van der Waals surface area contributed by atoms with Gasteiger partial charge >= 0.3 is 5.97 Å². The Bertz CT molecular complexity index is 840. The molecule has 25 heavy (non-hydrogen) atoms. The molecule has 0 bridgehead atoms. The Morgan fingerprint density at radius 3 is 2.48 bits per heavy atom. The molecule has 0 radical (unpaired) electrons. The zero-order valence-electron chi connectivity index (χ0n) is 14.2. The fraction of sp³-hybridized carbons (Fsp3) is 0.316. The van der Waals surface area contributed by atoms with Crippen molar-refractivity contribution in [2.75, 3.05) is 6.61 Å². The largest absolute Gasteiger partial charge is 0.506 e. The first-order chi connectivity index (χ1) is 12.2. The number of carbonyl (C=O) groups is 1. The zero-order valence-corrected chi connectivity index (χ0v) is 14.2. The van der Waals surface area contributed by atoms with Crippen LogP contribution in [0.2, 0.25) is 0 Å². The monoisotopic (exact) mass is 339 g/mol. The van der Waals surface area contributed by atoms with Crippen molar-refractivity contribution in [2.24, 2.45) is 0 Å². The van der Waals surface area contributed by atoms with Crippen LogP contribution in [0.3, 0.4) is 0 Å². The lowest BCUT2D eigenvalue weighted by Gasteiger charge is -2.07. The molecule has 3 aromatic rings. The number of rotatable bonds is 7. The van der Waals surface area contributed by atoms with Crippen LogP contribution in [-0.4, -0.2) is 32.7 Å². The van der Waals surface area contributed by atoms with Gasteiger partial charge in [0.1, 0.15) is 22.5 Å². The van der Waals surface area contributed by atoms with Crippen molar-refractivity contribution in [2.45, 2.75) is 32.6 Å². The number of esters is 1. The number of hydrogen-bond acceptors (Lipinski definition) is 5. The molecule has 0 aliphatic carbocycles. The predicted molar refractivity (Wildman–Crippen MR) is 95.0 cm³/mol. The molecular weight excluding hydrogens is 318 g/mol. The predicted octanol–water partition coefficient (Wildman–Crippen LogP) is 3.86. The fourth-order valence-electron chi connectivity index (χ4n) is 2.56. The molecule has 1 aromatic heterocycles. The first kappa shape index (κ1) is 17.0. The van der Waals surface area contributed by atoms with Crippen molar-refractivity contribution in [1.82, 2.24) is 15.0 Å². The Morgan fingerprint density at radius 1 is 1.08 bits per heavy atom. The van der Waals surface area contributed by atoms with Crippen LogP contribution < -0.4 is 0 Å². The molecule has 3 rings (SSSR count). The first-order valence-corrected chi connectivity index (χ1v) is 8.51. The summed E-state index contributed by atoms with van der Waals surface area (Å²) in [5, 5.41) is 18.8. The van der Waals surface area contributed by atoms with Crippen molar-refractivity contribution in [1.29, 1.82) is 0 Å². The molecule has 1 heterocycles. The van der Waals surface area contributed by atoms with Crippen LogP contribution >= 0.6 is 0 Å². The SMILES string of the molecule is CCCCCCOC(=O)c1ccc(O)c(-n2nc3ccccc3n2)c1. The van der Waals surface area contributed by atoms with Gasteiger partial charge in [0.2, 0.25) is 0 Å². The van der Waals surface area contributed by atoms with E-state index < -0.39 is 5.97 Å². The highest BCUT2D eigenvalue weighted by molar-refractivity contribution is 5.90. The number of benzene rings is 2. The van der Waals surface area contributed by atoms with E-state index in [2.05, 4.69) is 17.1 Å². The Morgan fingerprint density at radius 2 is 1.80 bits per heavy atom. The molecule has 0 unspecified atom stereocenters. The van der Waals surface area contributed by atoms with E-state index in [0.717, 1.165) is 25.7 Å². The third kappa shape index (κ3) is 3.96. The molecule has 0 aliphatic heterocycles. The maximum absolute atomic E-state index is 12.2. The Labute approximate surface area is 146 Å². The first-order valence-electron chi connectivity index (χ1n) is 8.51. The summed E-state index contributed by atoms with van der Waals surface area (Å²) in [5.74, 6) is -0.408. The van der Waals surface area contributed by atoms with E-state index in [1.807, 2.05) is 24.3 Å². The molecule has 0 spiro atoms. The van der Waals surface area contributed by atoms with Gasteiger partial charge in [0, 0.05) is 0 Å². The minimum absolute atomic E-state index is 0.000183. The van der Waals surface area contributed by atoms with Crippen LogP contribution in [0.4, 0.5) is 0 Å². The van der Waals surface area contributed by atoms with E-state index in [-0.39, 0.29) is 5.75 Å². The molecule has 6 nitrogen and oxygen atoms in total. The van der Waals surface area contributed by atoms with Gasteiger partial charge in [-0.3, -0.25) is 0 Å². The Kier molecular flexibility index (Phi) is 5.28. The second-order valence-corrected chi connectivity index (χ2v) is 5.88. The normalized spacial score (nSPS) is 10.9. The van der Waals surface area contributed by atoms with Gasteiger partial charge < -0.3 is 9.84 Å². The van der Waals surface area contributed by atoms with Crippen LogP contribution in [0, 0.1) is 0 Å². The van der Waals surface area contributed by atoms with Crippen LogP contribution in [0.5, 0.6) is 5.75 Å². The summed E-state index contributed by atoms with van der Waals surface area (Å²) in [6, 6.07) is 12.0. The van der Waals surface area contributed by atoms with Gasteiger partial charge in [-0.25, -0.2) is 4.79 Å². The topological polar surface area (TPSA) is 77.2 Å². The Hall–Kier alpha value is -2.89. The molecule has 0 aliphatic rings. The summed E-state index contributed by atoms with van der Waals surface area (Å²) in [6.45, 7) is 2.54. The maximum atomic E-state index is 12.2. The second kappa shape index (κ2) is 7.79. The molecule has 2 aromatic carbocycles. The number of ether oxygens (including phenoxy) is 1. The number of aromatic nitrogens is 3. The van der Waals surface area contributed by atoms with Crippen molar-refractivity contribution >= 4 is 17.0 Å². The summed E-state index contributed by atoms with van der Waals surface area (Å²) < 4.78 is 5.29. The number of unbranched alkanes of at least 4 members (excludes halogenated alkanes) is 3. The highest BCUT2D eigenvalue weighted by atomic mass is 16.5. The number of aromatic hydroxyl groups is 1. The zero-order chi connectivity index (χ0) is 17.6. The summed E-state index contributed by atoms with van der Waals surface area (Å²) in [5.41, 5.74) is 2.14. The van der Waals surface area contributed by atoms with E-state index in [0.29, 0.717) is 28.9 Å². The number of phenols is 1. The minimum Gasteiger partial charge on any atom is -0.506 e. The number of phenolic OH excluding ortho intramolecular Hbond substituents is 1. The second-order valence-electron chi connectivity index (χ2n) is 5.88. The van der Waals surface area contributed by atoms with Gasteiger partial charge in [0.05, 0.1) is 12.2 Å². The Balaban J connectivity index is 1.77. The van der Waals surface area contributed by atoms with E-state index in [9.17, 15) is 9.90 Å². The maximum Gasteiger partial charge on any atom is 0.338 e. The summed E-state index contributed by atoms with van der Waals surface area (Å²) in [4.78, 5) is 13.5. The van der Waals surface area contributed by atoms with Crippen LogP contribution in [0.25, 0.3) is 16.7 Å². The van der Waals surface area contributed by atoms with Crippen molar-refractivity contribution in [3.8, 4) is 11.4 Å². The molecule has 0 atom stereocenters. The highest BCUT2D eigenvalue weighted by Crippen LogP contribution is 2.23. The lowest BCUT2D eigenvalue weighted by atomic mass is 10.2. The van der Waals surface area contributed by atoms with E-state index in [1.165, 1.54) is 16.9 Å². The van der Waals surface area contributed by atoms with Crippen LogP contribution in [-0.2, 0) is 4.74 Å². The lowest BCUT2D eigenvalue weighted by molar-refractivity contribution is 0.0498. The summed E-state index contributed by atoms with van der Waals surface area (Å²) >= 11 is 0. The third-order valence-electron chi connectivity index (χ3n) is 3.94. The molecule has 6 heteroatoms. The number of carbonyl (C=O) groups excluding carboxylic acids is 1. The quantitative estimate of drug-likeness (QED) is 0.522. The van der Waals surface area contributed by atoms with Crippen LogP contribution in [0.15, 0.2) is 42.5 Å². The van der Waals surface area contributed by atoms with E-state index in [4.69, 9.17) is 4.74 Å². The smallest absolute Gasteiger partial charge is 0.338 e. The molecular formula is C19H21N3O3. The van der Waals surface area contributed by atoms with Crippen molar-refractivity contribution in [3.05, 3.63) is 48.0 Å². The van der Waals surface area contributed by atoms with E-state index >= 15 is 0 Å². The van der Waals surface area contributed by atoms with Gasteiger partial charge in [0.15, 0.2) is 0 Å².